The van der Waals surface area contributed by atoms with E-state index >= 15 is 0 Å². The highest BCUT2D eigenvalue weighted by atomic mass is 16.5. The largest absolute Gasteiger partial charge is 0.497 e. The van der Waals surface area contributed by atoms with Crippen LogP contribution < -0.4 is 15.6 Å². The number of ether oxygens (including phenoxy) is 1. The third-order valence-corrected chi connectivity index (χ3v) is 6.68. The van der Waals surface area contributed by atoms with E-state index in [0.29, 0.717) is 28.9 Å². The molecular weight excluding hydrogens is 454 g/mol. The lowest BCUT2D eigenvalue weighted by Gasteiger charge is -2.20. The molecule has 8 heteroatoms. The topological polar surface area (TPSA) is 81.4 Å². The van der Waals surface area contributed by atoms with E-state index in [1.165, 1.54) is 17.5 Å². The lowest BCUT2D eigenvalue weighted by molar-refractivity contribution is 0.0947. The minimum absolute atomic E-state index is 0.246. The van der Waals surface area contributed by atoms with Gasteiger partial charge in [-0.3, -0.25) is 9.59 Å². The second kappa shape index (κ2) is 11.4. The Hall–Kier alpha value is -3.65. The van der Waals surface area contributed by atoms with Gasteiger partial charge in [-0.25, -0.2) is 0 Å². The van der Waals surface area contributed by atoms with Gasteiger partial charge in [-0.1, -0.05) is 38.5 Å². The van der Waals surface area contributed by atoms with Crippen LogP contribution in [0.1, 0.15) is 43.6 Å². The van der Waals surface area contributed by atoms with Gasteiger partial charge >= 0.3 is 0 Å². The van der Waals surface area contributed by atoms with Crippen molar-refractivity contribution in [2.75, 3.05) is 33.3 Å². The summed E-state index contributed by atoms with van der Waals surface area (Å²) in [6.07, 6.45) is 3.19. The number of nitrogens with one attached hydrogen (secondary N) is 1. The van der Waals surface area contributed by atoms with Crippen molar-refractivity contribution in [1.82, 2.24) is 24.6 Å². The number of rotatable bonds is 11. The van der Waals surface area contributed by atoms with Gasteiger partial charge in [0, 0.05) is 29.9 Å². The predicted molar refractivity (Wildman–Crippen MR) is 144 cm³/mol. The third-order valence-electron chi connectivity index (χ3n) is 6.68. The van der Waals surface area contributed by atoms with Gasteiger partial charge in [0.2, 0.25) is 0 Å². The summed E-state index contributed by atoms with van der Waals surface area (Å²) in [5.41, 5.74) is 1.86. The second-order valence-electron chi connectivity index (χ2n) is 8.96. The molecule has 4 rings (SSSR count). The maximum Gasteiger partial charge on any atom is 0.296 e. The number of amides is 1. The van der Waals surface area contributed by atoms with Gasteiger partial charge in [-0.15, -0.1) is 0 Å². The van der Waals surface area contributed by atoms with Crippen molar-refractivity contribution < 1.29 is 9.53 Å². The third kappa shape index (κ3) is 4.99. The maximum atomic E-state index is 13.6. The number of methoxy groups -OCH3 is 1. The first kappa shape index (κ1) is 25.4. The van der Waals surface area contributed by atoms with Crippen molar-refractivity contribution in [3.63, 3.8) is 0 Å². The fraction of sp³-hybridized carbons (Fsp3) is 0.393. The number of hydrogen-bond donors (Lipinski definition) is 1. The summed E-state index contributed by atoms with van der Waals surface area (Å²) in [5.74, 6) is 0.394. The van der Waals surface area contributed by atoms with Gasteiger partial charge in [0.1, 0.15) is 11.3 Å². The molecule has 1 amide bonds. The van der Waals surface area contributed by atoms with Gasteiger partial charge in [-0.05, 0) is 62.8 Å². The van der Waals surface area contributed by atoms with E-state index in [1.54, 1.807) is 31.4 Å². The number of benzene rings is 2. The molecule has 0 fully saturated rings. The molecule has 0 aliphatic heterocycles. The molecule has 0 aliphatic carbocycles. The summed E-state index contributed by atoms with van der Waals surface area (Å²) < 4.78 is 8.40. The lowest BCUT2D eigenvalue weighted by atomic mass is 10.1. The molecule has 0 radical (unpaired) electrons. The molecule has 2 aromatic carbocycles. The van der Waals surface area contributed by atoms with Crippen LogP contribution in [0.15, 0.2) is 53.3 Å². The van der Waals surface area contributed by atoms with E-state index < -0.39 is 0 Å². The second-order valence-corrected chi connectivity index (χ2v) is 8.96. The Labute approximate surface area is 211 Å². The van der Waals surface area contributed by atoms with Crippen LogP contribution in [0.3, 0.4) is 0 Å². The molecule has 0 atom stereocenters. The lowest BCUT2D eigenvalue weighted by Crippen LogP contribution is -2.33. The Morgan fingerprint density at radius 3 is 2.47 bits per heavy atom. The quantitative estimate of drug-likeness (QED) is 0.321. The molecule has 0 bridgehead atoms. The molecule has 0 unspecified atom stereocenters. The Kier molecular flexibility index (Phi) is 8.05. The summed E-state index contributed by atoms with van der Waals surface area (Å²) in [7, 11) is 3.44. The number of carbonyl (C=O) groups is 1. The number of carbonyl (C=O) groups excluding carboxylic acids is 1. The maximum absolute atomic E-state index is 13.6. The molecule has 36 heavy (non-hydrogen) atoms. The zero-order chi connectivity index (χ0) is 25.7. The van der Waals surface area contributed by atoms with Gasteiger partial charge in [0.05, 0.1) is 12.8 Å². The van der Waals surface area contributed by atoms with Crippen molar-refractivity contribution in [1.29, 1.82) is 0 Å². The summed E-state index contributed by atoms with van der Waals surface area (Å²) in [6, 6.07) is 14.8. The first-order valence-electron chi connectivity index (χ1n) is 12.7. The van der Waals surface area contributed by atoms with E-state index in [4.69, 9.17) is 4.74 Å². The minimum Gasteiger partial charge on any atom is -0.497 e. The zero-order valence-corrected chi connectivity index (χ0v) is 21.6. The average molecular weight is 490 g/mol. The van der Waals surface area contributed by atoms with Crippen LogP contribution in [-0.2, 0) is 7.05 Å². The number of aromatic nitrogens is 3. The molecule has 1 N–H and O–H groups in total. The smallest absolute Gasteiger partial charge is 0.296 e. The standard InChI is InChI=1S/C28H35N5O3/c1-5-7-18-32(6-2)19-10-17-29-27(34)25-24-22-11-8-9-12-23(22)31(3)26(24)28(35)33(30-25)20-13-15-21(36-4)16-14-20/h8-9,11-16H,5-7,10,17-19H2,1-4H3,(H,29,34). The van der Waals surface area contributed by atoms with Gasteiger partial charge in [-0.2, -0.15) is 9.78 Å². The van der Waals surface area contributed by atoms with Gasteiger partial charge < -0.3 is 19.5 Å². The fourth-order valence-electron chi connectivity index (χ4n) is 4.63. The number of para-hydroxylation sites is 1. The Morgan fingerprint density at radius 2 is 1.78 bits per heavy atom. The first-order valence-corrected chi connectivity index (χ1v) is 12.7. The minimum atomic E-state index is -0.282. The highest BCUT2D eigenvalue weighted by Crippen LogP contribution is 2.28. The molecule has 190 valence electrons. The highest BCUT2D eigenvalue weighted by Gasteiger charge is 2.23. The number of hydrogen-bond acceptors (Lipinski definition) is 5. The highest BCUT2D eigenvalue weighted by molar-refractivity contribution is 6.16. The van der Waals surface area contributed by atoms with Crippen molar-refractivity contribution in [2.45, 2.75) is 33.1 Å². The first-order chi connectivity index (χ1) is 17.5. The number of aryl methyl sites for hydroxylation is 1. The van der Waals surface area contributed by atoms with E-state index in [0.717, 1.165) is 37.0 Å². The van der Waals surface area contributed by atoms with Crippen molar-refractivity contribution in [3.05, 3.63) is 64.6 Å². The monoisotopic (exact) mass is 489 g/mol. The van der Waals surface area contributed by atoms with Crippen molar-refractivity contribution in [2.24, 2.45) is 7.05 Å². The van der Waals surface area contributed by atoms with Crippen LogP contribution in [0.2, 0.25) is 0 Å². The number of unbranched alkanes of at least 4 members (excludes halogenated alkanes) is 1. The van der Waals surface area contributed by atoms with Crippen LogP contribution in [0, 0.1) is 0 Å². The molecule has 2 heterocycles. The molecule has 0 spiro atoms. The molecule has 4 aromatic rings. The van der Waals surface area contributed by atoms with Crippen molar-refractivity contribution >= 4 is 27.7 Å². The fourth-order valence-corrected chi connectivity index (χ4v) is 4.63. The Morgan fingerprint density at radius 1 is 1.06 bits per heavy atom. The van der Waals surface area contributed by atoms with E-state index in [-0.39, 0.29) is 17.2 Å². The zero-order valence-electron chi connectivity index (χ0n) is 21.6. The normalized spacial score (nSPS) is 11.5. The van der Waals surface area contributed by atoms with E-state index in [2.05, 4.69) is 29.2 Å². The molecule has 0 saturated carbocycles. The average Bonchev–Trinajstić information content (AvgIpc) is 3.21. The van der Waals surface area contributed by atoms with Gasteiger partial charge in [0.25, 0.3) is 11.5 Å². The molecular formula is C28H35N5O3. The predicted octanol–water partition coefficient (Wildman–Crippen LogP) is 4.13. The van der Waals surface area contributed by atoms with Crippen LogP contribution in [-0.4, -0.2) is 58.4 Å². The Bertz CT molecular complexity index is 1400. The molecule has 0 aliphatic rings. The molecule has 2 aromatic heterocycles. The van der Waals surface area contributed by atoms with Crippen LogP contribution in [0.4, 0.5) is 0 Å². The number of nitrogens with zero attached hydrogens (tertiary/aromatic N) is 4. The van der Waals surface area contributed by atoms with Crippen molar-refractivity contribution in [3.8, 4) is 11.4 Å². The summed E-state index contributed by atoms with van der Waals surface area (Å²) in [5, 5.41) is 9.05. The SMILES string of the molecule is CCCCN(CC)CCCNC(=O)c1nn(-c2ccc(OC)cc2)c(=O)c2c1c1ccccc1n2C. The molecule has 8 nitrogen and oxygen atoms in total. The number of fused-ring (bicyclic) bond motifs is 3. The van der Waals surface area contributed by atoms with E-state index in [9.17, 15) is 9.59 Å². The molecule has 0 saturated heterocycles. The summed E-state index contributed by atoms with van der Waals surface area (Å²) >= 11 is 0. The van der Waals surface area contributed by atoms with Gasteiger partial charge in [0.15, 0.2) is 5.69 Å². The Balaban J connectivity index is 1.71. The summed E-state index contributed by atoms with van der Waals surface area (Å²) in [4.78, 5) is 29.5. The van der Waals surface area contributed by atoms with Crippen LogP contribution in [0.25, 0.3) is 27.5 Å². The van der Waals surface area contributed by atoms with Crippen LogP contribution in [0.5, 0.6) is 5.75 Å². The summed E-state index contributed by atoms with van der Waals surface area (Å²) in [6.45, 7) is 7.90. The van der Waals surface area contributed by atoms with E-state index in [1.807, 2.05) is 35.9 Å². The van der Waals surface area contributed by atoms with Crippen LogP contribution >= 0.6 is 0 Å².